The molecule has 19 heavy (non-hydrogen) atoms. The van der Waals surface area contributed by atoms with E-state index in [4.69, 9.17) is 23.7 Å². The fraction of sp³-hybridized carbons (Fsp3) is 0.571. The van der Waals surface area contributed by atoms with Crippen molar-refractivity contribution >= 4 is 0 Å². The molecule has 1 rings (SSSR count). The number of methoxy groups -OCH3 is 3. The van der Waals surface area contributed by atoms with Gasteiger partial charge in [-0.1, -0.05) is 30.3 Å². The summed E-state index contributed by atoms with van der Waals surface area (Å²) < 4.78 is 26.4. The van der Waals surface area contributed by atoms with E-state index in [-0.39, 0.29) is 25.8 Å². The van der Waals surface area contributed by atoms with Gasteiger partial charge in [0.2, 0.25) is 0 Å². The maximum atomic E-state index is 5.71. The van der Waals surface area contributed by atoms with Gasteiger partial charge in [-0.05, 0) is 5.56 Å². The lowest BCUT2D eigenvalue weighted by Crippen LogP contribution is -2.30. The highest BCUT2D eigenvalue weighted by Gasteiger charge is 2.25. The Balaban J connectivity index is 2.79. The minimum absolute atomic E-state index is 0.188. The van der Waals surface area contributed by atoms with Gasteiger partial charge in [0.1, 0.15) is 25.8 Å². The summed E-state index contributed by atoms with van der Waals surface area (Å²) in [5.41, 5.74) is 1.01. The van der Waals surface area contributed by atoms with Crippen molar-refractivity contribution in [3.05, 3.63) is 35.9 Å². The SMILES string of the molecule is COCOC(COC)C(OCOC)c1ccccc1. The second-order valence-corrected chi connectivity index (χ2v) is 3.97. The van der Waals surface area contributed by atoms with Crippen molar-refractivity contribution in [3.63, 3.8) is 0 Å². The summed E-state index contributed by atoms with van der Waals surface area (Å²) in [7, 11) is 4.79. The molecule has 0 aliphatic carbocycles. The van der Waals surface area contributed by atoms with Crippen molar-refractivity contribution in [1.29, 1.82) is 0 Å². The fourth-order valence-corrected chi connectivity index (χ4v) is 1.74. The Bertz CT molecular complexity index is 317. The molecule has 1 aromatic carbocycles. The quantitative estimate of drug-likeness (QED) is 0.608. The molecular formula is C14H22O5. The van der Waals surface area contributed by atoms with Crippen molar-refractivity contribution in [2.75, 3.05) is 41.5 Å². The molecule has 5 nitrogen and oxygen atoms in total. The van der Waals surface area contributed by atoms with Crippen molar-refractivity contribution in [2.24, 2.45) is 0 Å². The van der Waals surface area contributed by atoms with E-state index in [2.05, 4.69) is 0 Å². The van der Waals surface area contributed by atoms with Gasteiger partial charge in [-0.2, -0.15) is 0 Å². The van der Waals surface area contributed by atoms with Crippen molar-refractivity contribution in [2.45, 2.75) is 12.2 Å². The van der Waals surface area contributed by atoms with Gasteiger partial charge in [-0.25, -0.2) is 0 Å². The number of hydrogen-bond donors (Lipinski definition) is 0. The second-order valence-electron chi connectivity index (χ2n) is 3.97. The third-order valence-electron chi connectivity index (χ3n) is 2.56. The number of benzene rings is 1. The Morgan fingerprint density at radius 3 is 2.05 bits per heavy atom. The first-order chi connectivity index (χ1) is 9.33. The van der Waals surface area contributed by atoms with Crippen LogP contribution in [-0.2, 0) is 23.7 Å². The predicted molar refractivity (Wildman–Crippen MR) is 70.8 cm³/mol. The summed E-state index contributed by atoms with van der Waals surface area (Å²) in [6, 6.07) is 9.84. The lowest BCUT2D eigenvalue weighted by Gasteiger charge is -2.26. The molecule has 0 bridgehead atoms. The van der Waals surface area contributed by atoms with Crippen LogP contribution in [0.3, 0.4) is 0 Å². The Hall–Kier alpha value is -0.980. The molecule has 0 saturated carbocycles. The molecule has 0 saturated heterocycles. The lowest BCUT2D eigenvalue weighted by molar-refractivity contribution is -0.172. The fourth-order valence-electron chi connectivity index (χ4n) is 1.74. The molecule has 108 valence electrons. The van der Waals surface area contributed by atoms with Crippen LogP contribution in [0.2, 0.25) is 0 Å². The molecule has 0 heterocycles. The van der Waals surface area contributed by atoms with Gasteiger partial charge < -0.3 is 23.7 Å². The number of hydrogen-bond acceptors (Lipinski definition) is 5. The average Bonchev–Trinajstić information content (AvgIpc) is 2.46. The van der Waals surface area contributed by atoms with Gasteiger partial charge in [-0.15, -0.1) is 0 Å². The van der Waals surface area contributed by atoms with Gasteiger partial charge in [0.15, 0.2) is 0 Å². The molecule has 0 aromatic heterocycles. The van der Waals surface area contributed by atoms with Crippen molar-refractivity contribution in [3.8, 4) is 0 Å². The minimum Gasteiger partial charge on any atom is -0.382 e. The van der Waals surface area contributed by atoms with E-state index < -0.39 is 0 Å². The normalized spacial score (nSPS) is 14.3. The van der Waals surface area contributed by atoms with Crippen LogP contribution in [0.1, 0.15) is 11.7 Å². The zero-order chi connectivity index (χ0) is 13.9. The third-order valence-corrected chi connectivity index (χ3v) is 2.56. The minimum atomic E-state index is -0.267. The molecular weight excluding hydrogens is 248 g/mol. The molecule has 0 fully saturated rings. The van der Waals surface area contributed by atoms with Gasteiger partial charge >= 0.3 is 0 Å². The highest BCUT2D eigenvalue weighted by molar-refractivity contribution is 5.18. The van der Waals surface area contributed by atoms with E-state index in [0.29, 0.717) is 6.61 Å². The standard InChI is InChI=1S/C14H22O5/c1-15-9-13(18-10-16-2)14(19-11-17-3)12-7-5-4-6-8-12/h4-8,13-14H,9-11H2,1-3H3. The van der Waals surface area contributed by atoms with Gasteiger partial charge in [-0.3, -0.25) is 0 Å². The summed E-state index contributed by atoms with van der Waals surface area (Å²) in [5.74, 6) is 0. The molecule has 2 atom stereocenters. The molecule has 0 aliphatic heterocycles. The highest BCUT2D eigenvalue weighted by Crippen LogP contribution is 2.24. The van der Waals surface area contributed by atoms with Crippen LogP contribution < -0.4 is 0 Å². The zero-order valence-corrected chi connectivity index (χ0v) is 11.7. The van der Waals surface area contributed by atoms with Crippen LogP contribution in [-0.4, -0.2) is 47.6 Å². The van der Waals surface area contributed by atoms with E-state index in [1.165, 1.54) is 0 Å². The lowest BCUT2D eigenvalue weighted by atomic mass is 10.0. The second kappa shape index (κ2) is 9.89. The molecule has 1 aromatic rings. The summed E-state index contributed by atoms with van der Waals surface area (Å²) in [5, 5.41) is 0. The maximum Gasteiger partial charge on any atom is 0.147 e. The van der Waals surface area contributed by atoms with Crippen LogP contribution in [0.25, 0.3) is 0 Å². The predicted octanol–water partition coefficient (Wildman–Crippen LogP) is 1.98. The summed E-state index contributed by atoms with van der Waals surface area (Å²) >= 11 is 0. The van der Waals surface area contributed by atoms with Crippen LogP contribution in [0.4, 0.5) is 0 Å². The van der Waals surface area contributed by atoms with E-state index in [1.54, 1.807) is 21.3 Å². The van der Waals surface area contributed by atoms with Crippen LogP contribution in [0, 0.1) is 0 Å². The summed E-state index contributed by atoms with van der Waals surface area (Å²) in [6.45, 7) is 0.788. The van der Waals surface area contributed by atoms with E-state index in [9.17, 15) is 0 Å². The molecule has 0 aliphatic rings. The Labute approximate surface area is 114 Å². The number of rotatable bonds is 10. The molecule has 0 spiro atoms. The van der Waals surface area contributed by atoms with E-state index in [1.807, 2.05) is 30.3 Å². The average molecular weight is 270 g/mol. The molecule has 0 radical (unpaired) electrons. The third kappa shape index (κ3) is 5.67. The Kier molecular flexibility index (Phi) is 8.36. The summed E-state index contributed by atoms with van der Waals surface area (Å²) in [4.78, 5) is 0. The van der Waals surface area contributed by atoms with Crippen molar-refractivity contribution in [1.82, 2.24) is 0 Å². The van der Waals surface area contributed by atoms with Gasteiger partial charge in [0.25, 0.3) is 0 Å². The van der Waals surface area contributed by atoms with Gasteiger partial charge in [0.05, 0.1) is 6.61 Å². The Morgan fingerprint density at radius 2 is 1.47 bits per heavy atom. The largest absolute Gasteiger partial charge is 0.382 e. The first-order valence-electron chi connectivity index (χ1n) is 6.08. The monoisotopic (exact) mass is 270 g/mol. The van der Waals surface area contributed by atoms with Crippen molar-refractivity contribution < 1.29 is 23.7 Å². The van der Waals surface area contributed by atoms with Crippen LogP contribution in [0.5, 0.6) is 0 Å². The highest BCUT2D eigenvalue weighted by atomic mass is 16.7. The van der Waals surface area contributed by atoms with Gasteiger partial charge in [0, 0.05) is 21.3 Å². The zero-order valence-electron chi connectivity index (χ0n) is 11.7. The Morgan fingerprint density at radius 1 is 0.842 bits per heavy atom. The van der Waals surface area contributed by atoms with Crippen LogP contribution >= 0.6 is 0 Å². The first-order valence-corrected chi connectivity index (χ1v) is 6.08. The van der Waals surface area contributed by atoms with E-state index in [0.717, 1.165) is 5.56 Å². The summed E-state index contributed by atoms with van der Waals surface area (Å²) in [6.07, 6.45) is -0.529. The van der Waals surface area contributed by atoms with E-state index >= 15 is 0 Å². The molecule has 5 heteroatoms. The molecule has 0 N–H and O–H groups in total. The van der Waals surface area contributed by atoms with Crippen LogP contribution in [0.15, 0.2) is 30.3 Å². The maximum absolute atomic E-state index is 5.71. The topological polar surface area (TPSA) is 46.2 Å². The molecule has 2 unspecified atom stereocenters. The first kappa shape index (κ1) is 16.1. The number of ether oxygens (including phenoxy) is 5. The smallest absolute Gasteiger partial charge is 0.147 e. The molecule has 0 amide bonds.